The van der Waals surface area contributed by atoms with Crippen molar-refractivity contribution in [3.63, 3.8) is 0 Å². The van der Waals surface area contributed by atoms with Crippen LogP contribution >= 0.6 is 34.8 Å². The number of aliphatic hydroxyl groups is 2. The molecule has 1 saturated carbocycles. The summed E-state index contributed by atoms with van der Waals surface area (Å²) < 4.78 is 14.9. The summed E-state index contributed by atoms with van der Waals surface area (Å²) in [6, 6.07) is 4.67. The number of alkyl halides is 3. The molecule has 3 N–H and O–H groups in total. The zero-order valence-corrected chi connectivity index (χ0v) is 21.4. The number of rotatable bonds is 3. The number of hydrogen-bond donors (Lipinski definition) is 3. The molecule has 0 aromatic heterocycles. The van der Waals surface area contributed by atoms with Crippen molar-refractivity contribution in [3.05, 3.63) is 23.8 Å². The Bertz CT molecular complexity index is 1050. The minimum absolute atomic E-state index is 0.170. The number of ether oxygens (including phenoxy) is 3. The van der Waals surface area contributed by atoms with Crippen molar-refractivity contribution in [3.8, 4) is 5.75 Å². The van der Waals surface area contributed by atoms with Crippen LogP contribution in [-0.2, 0) is 19.7 Å². The van der Waals surface area contributed by atoms with E-state index in [1.54, 1.807) is 26.2 Å². The van der Waals surface area contributed by atoms with Crippen LogP contribution in [-0.4, -0.2) is 75.2 Å². The van der Waals surface area contributed by atoms with Crippen LogP contribution in [0, 0.1) is 11.8 Å². The summed E-state index contributed by atoms with van der Waals surface area (Å²) in [4.78, 5) is 28.0. The highest BCUT2D eigenvalue weighted by atomic mass is 35.6. The summed E-state index contributed by atoms with van der Waals surface area (Å²) in [6.07, 6.45) is -2.38. The van der Waals surface area contributed by atoms with Crippen LogP contribution in [0.2, 0.25) is 0 Å². The smallest absolute Gasteiger partial charge is 0.412 e. The molecule has 1 spiro atoms. The van der Waals surface area contributed by atoms with Crippen molar-refractivity contribution in [2.75, 3.05) is 25.6 Å². The molecule has 3 saturated heterocycles. The zero-order valence-electron chi connectivity index (χ0n) is 19.2. The maximum Gasteiger partial charge on any atom is 0.412 e. The monoisotopic (exact) mass is 548 g/mol. The van der Waals surface area contributed by atoms with Crippen LogP contribution in [0.1, 0.15) is 31.7 Å². The van der Waals surface area contributed by atoms with Crippen molar-refractivity contribution in [2.24, 2.45) is 11.8 Å². The number of hydrogen-bond acceptors (Lipinski definition) is 7. The summed E-state index contributed by atoms with van der Waals surface area (Å²) in [7, 11) is 1.54. The summed E-state index contributed by atoms with van der Waals surface area (Å²) in [5, 5.41) is 25.9. The van der Waals surface area contributed by atoms with Crippen LogP contribution < -0.4 is 10.1 Å². The molecule has 4 fully saturated rings. The van der Waals surface area contributed by atoms with Crippen LogP contribution in [0.25, 0.3) is 0 Å². The van der Waals surface area contributed by atoms with Crippen LogP contribution in [0.15, 0.2) is 18.2 Å². The van der Waals surface area contributed by atoms with Gasteiger partial charge in [0.1, 0.15) is 23.4 Å². The van der Waals surface area contributed by atoms with Gasteiger partial charge in [-0.1, -0.05) is 47.8 Å². The van der Waals surface area contributed by atoms with E-state index in [1.165, 1.54) is 0 Å². The lowest BCUT2D eigenvalue weighted by Gasteiger charge is -2.56. The number of carbonyl (C=O) groups excluding carboxylic acids is 2. The topological polar surface area (TPSA) is 118 Å². The minimum Gasteiger partial charge on any atom is -0.497 e. The van der Waals surface area contributed by atoms with Crippen molar-refractivity contribution < 1.29 is 34.0 Å². The van der Waals surface area contributed by atoms with Gasteiger partial charge in [0.05, 0.1) is 19.8 Å². The fourth-order valence-electron chi connectivity index (χ4n) is 6.56. The first-order valence-electron chi connectivity index (χ1n) is 11.5. The van der Waals surface area contributed by atoms with Gasteiger partial charge in [0.15, 0.2) is 6.23 Å². The molecule has 2 amide bonds. The van der Waals surface area contributed by atoms with Crippen LogP contribution in [0.5, 0.6) is 5.75 Å². The Morgan fingerprint density at radius 1 is 1.37 bits per heavy atom. The number of methoxy groups -OCH3 is 1. The number of likely N-dealkylation sites (tertiary alicyclic amines) is 1. The molecular formula is C23H27Cl3N2O7. The average molecular weight is 550 g/mol. The number of halogens is 3. The number of carbonyl (C=O) groups is 2. The molecular weight excluding hydrogens is 523 g/mol. The van der Waals surface area contributed by atoms with Gasteiger partial charge < -0.3 is 29.7 Å². The molecule has 4 aliphatic heterocycles. The van der Waals surface area contributed by atoms with E-state index >= 15 is 0 Å². The van der Waals surface area contributed by atoms with E-state index in [4.69, 9.17) is 49.0 Å². The van der Waals surface area contributed by atoms with Gasteiger partial charge in [0.25, 0.3) is 0 Å². The number of nitrogens with one attached hydrogen (secondary N) is 1. The first-order chi connectivity index (χ1) is 16.5. The van der Waals surface area contributed by atoms with Crippen LogP contribution in [0.4, 0.5) is 10.5 Å². The molecule has 12 heteroatoms. The lowest BCUT2D eigenvalue weighted by Crippen LogP contribution is -2.70. The molecule has 4 bridgehead atoms. The number of aliphatic hydroxyl groups excluding tert-OH is 1. The van der Waals surface area contributed by atoms with Gasteiger partial charge in [0, 0.05) is 29.6 Å². The number of piperidine rings is 1. The maximum absolute atomic E-state index is 13.6. The molecule has 1 unspecified atom stereocenters. The zero-order chi connectivity index (χ0) is 25.3. The van der Waals surface area contributed by atoms with Gasteiger partial charge in [-0.15, -0.1) is 0 Å². The predicted octanol–water partition coefficient (Wildman–Crippen LogP) is 2.96. The summed E-state index contributed by atoms with van der Waals surface area (Å²) in [5.74, 6) is -0.415. The third-order valence-electron chi connectivity index (χ3n) is 8.26. The van der Waals surface area contributed by atoms with Gasteiger partial charge in [-0.25, -0.2) is 4.79 Å². The molecule has 1 aliphatic carbocycles. The molecule has 9 nitrogen and oxygen atoms in total. The Hall–Kier alpha value is -1.49. The van der Waals surface area contributed by atoms with Crippen molar-refractivity contribution >= 4 is 52.5 Å². The van der Waals surface area contributed by atoms with Gasteiger partial charge >= 0.3 is 6.09 Å². The fourth-order valence-corrected chi connectivity index (χ4v) is 6.73. The lowest BCUT2D eigenvalue weighted by molar-refractivity contribution is -0.246. The number of nitrogens with zero attached hydrogens (tertiary/aromatic N) is 1. The molecule has 7 atom stereocenters. The Balaban J connectivity index is 1.61. The second kappa shape index (κ2) is 8.53. The first-order valence-corrected chi connectivity index (χ1v) is 12.6. The van der Waals surface area contributed by atoms with Gasteiger partial charge in [-0.2, -0.15) is 0 Å². The molecule has 1 aromatic carbocycles. The lowest BCUT2D eigenvalue weighted by atomic mass is 9.67. The average Bonchev–Trinajstić information content (AvgIpc) is 2.93. The summed E-state index contributed by atoms with van der Waals surface area (Å²) >= 11 is 17.3. The third-order valence-corrected chi connectivity index (χ3v) is 8.58. The molecule has 0 radical (unpaired) electrons. The third kappa shape index (κ3) is 3.69. The number of fused-ring (bicyclic) bond motifs is 2. The predicted molar refractivity (Wildman–Crippen MR) is 128 cm³/mol. The number of anilines is 1. The fraction of sp³-hybridized carbons (Fsp3) is 0.652. The van der Waals surface area contributed by atoms with Crippen molar-refractivity contribution in [2.45, 2.75) is 59.4 Å². The molecule has 6 rings (SSSR count). The van der Waals surface area contributed by atoms with Gasteiger partial charge in [0.2, 0.25) is 9.70 Å². The van der Waals surface area contributed by atoms with Crippen molar-refractivity contribution in [1.29, 1.82) is 0 Å². The van der Waals surface area contributed by atoms with Crippen molar-refractivity contribution in [1.82, 2.24) is 4.90 Å². The number of benzene rings is 1. The molecule has 4 heterocycles. The van der Waals surface area contributed by atoms with E-state index in [1.807, 2.05) is 6.07 Å². The SMILES string of the molecule is CC[C@@]1(O)C(O)N(C(=O)OCC(Cl)(Cl)Cl)[C@H]2C[C@@]3(C(=O)Nc4cc(OC)ccc43)[C@H]3C[C@@H]1[C@@H]2CO3. The highest BCUT2D eigenvalue weighted by Gasteiger charge is 2.68. The minimum atomic E-state index is -1.85. The van der Waals surface area contributed by atoms with E-state index in [0.717, 1.165) is 10.5 Å². The molecule has 192 valence electrons. The van der Waals surface area contributed by atoms with E-state index in [0.29, 0.717) is 17.9 Å². The highest BCUT2D eigenvalue weighted by Crippen LogP contribution is 2.58. The quantitative estimate of drug-likeness (QED) is 0.496. The second-order valence-corrected chi connectivity index (χ2v) is 12.2. The maximum atomic E-state index is 13.6. The largest absolute Gasteiger partial charge is 0.497 e. The Labute approximate surface area is 217 Å². The van der Waals surface area contributed by atoms with E-state index in [-0.39, 0.29) is 31.3 Å². The summed E-state index contributed by atoms with van der Waals surface area (Å²) in [5.41, 5.74) is -1.44. The Morgan fingerprint density at radius 3 is 2.77 bits per heavy atom. The molecule has 5 aliphatic rings. The van der Waals surface area contributed by atoms with E-state index in [2.05, 4.69) is 5.32 Å². The normalized spacial score (nSPS) is 37.6. The van der Waals surface area contributed by atoms with E-state index in [9.17, 15) is 19.8 Å². The standard InChI is InChI=1S/C23H27Cl3N2O7/c1-3-22(32)14-7-17-21(13-5-4-11(33-2)6-15(13)27-18(21)29)8-16(12(14)9-34-17)28(19(22)30)20(31)35-10-23(24,25)26/h4-6,12,14,16-17,19,30,32H,3,7-10H2,1-2H3,(H,27,29)/t12-,14+,16-,17+,19?,21-,22-/m0/s1. The molecule has 1 aromatic rings. The van der Waals surface area contributed by atoms with E-state index < -0.39 is 51.8 Å². The Morgan fingerprint density at radius 2 is 2.11 bits per heavy atom. The summed E-state index contributed by atoms with van der Waals surface area (Å²) in [6.45, 7) is 1.41. The molecule has 35 heavy (non-hydrogen) atoms. The number of amides is 2. The highest BCUT2D eigenvalue weighted by molar-refractivity contribution is 6.67. The second-order valence-electron chi connectivity index (χ2n) is 9.73. The Kier molecular flexibility index (Phi) is 6.14. The van der Waals surface area contributed by atoms with Gasteiger partial charge in [-0.05, 0) is 30.9 Å². The van der Waals surface area contributed by atoms with Crippen LogP contribution in [0.3, 0.4) is 0 Å². The van der Waals surface area contributed by atoms with Gasteiger partial charge in [-0.3, -0.25) is 9.69 Å². The first kappa shape index (κ1) is 25.2.